The number of piperazine rings is 1. The molecule has 0 saturated carbocycles. The molecule has 1 fully saturated rings. The summed E-state index contributed by atoms with van der Waals surface area (Å²) < 4.78 is 8.74. The predicted molar refractivity (Wildman–Crippen MR) is 135 cm³/mol. The van der Waals surface area contributed by atoms with Crippen molar-refractivity contribution in [2.24, 2.45) is 0 Å². The first-order valence-electron chi connectivity index (χ1n) is 12.1. The molecular formula is C26H31N7O2. The summed E-state index contributed by atoms with van der Waals surface area (Å²) in [6.45, 7) is 10.8. The molecule has 0 aliphatic carbocycles. The summed E-state index contributed by atoms with van der Waals surface area (Å²) in [5.41, 5.74) is 3.05. The Morgan fingerprint density at radius 3 is 2.63 bits per heavy atom. The lowest BCUT2D eigenvalue weighted by molar-refractivity contribution is -0.142. The molecule has 0 radical (unpaired) electrons. The molecule has 0 N–H and O–H groups in total. The quantitative estimate of drug-likeness (QED) is 0.381. The van der Waals surface area contributed by atoms with Crippen LogP contribution in [0.4, 0.5) is 5.69 Å². The van der Waals surface area contributed by atoms with Gasteiger partial charge in [-0.2, -0.15) is 5.10 Å². The van der Waals surface area contributed by atoms with E-state index >= 15 is 0 Å². The Bertz CT molecular complexity index is 1320. The molecule has 4 aromatic rings. The molecule has 182 valence electrons. The lowest BCUT2D eigenvalue weighted by Crippen LogP contribution is -2.48. The molecule has 0 atom stereocenters. The van der Waals surface area contributed by atoms with Crippen molar-refractivity contribution in [2.75, 3.05) is 37.7 Å². The number of carbonyl (C=O) groups is 1. The number of benzene rings is 1. The van der Waals surface area contributed by atoms with Crippen LogP contribution in [0.5, 0.6) is 0 Å². The molecule has 1 aliphatic rings. The number of esters is 1. The van der Waals surface area contributed by atoms with Crippen LogP contribution in [0, 0.1) is 0 Å². The molecular weight excluding hydrogens is 442 g/mol. The Hall–Kier alpha value is -3.72. The van der Waals surface area contributed by atoms with Gasteiger partial charge < -0.3 is 14.2 Å². The average molecular weight is 474 g/mol. The van der Waals surface area contributed by atoms with Crippen molar-refractivity contribution in [1.82, 2.24) is 29.2 Å². The molecule has 1 aromatic carbocycles. The van der Waals surface area contributed by atoms with Crippen molar-refractivity contribution in [1.29, 1.82) is 0 Å². The zero-order valence-corrected chi connectivity index (χ0v) is 20.5. The number of hydrogen-bond acceptors (Lipinski definition) is 7. The molecule has 35 heavy (non-hydrogen) atoms. The first-order valence-corrected chi connectivity index (χ1v) is 12.1. The van der Waals surface area contributed by atoms with Crippen LogP contribution >= 0.6 is 0 Å². The number of ether oxygens (including phenoxy) is 1. The van der Waals surface area contributed by atoms with Crippen molar-refractivity contribution < 1.29 is 9.53 Å². The highest BCUT2D eigenvalue weighted by molar-refractivity contribution is 5.83. The maximum atomic E-state index is 11.8. The smallest absolute Gasteiger partial charge is 0.310 e. The zero-order valence-electron chi connectivity index (χ0n) is 20.5. The van der Waals surface area contributed by atoms with E-state index in [1.165, 1.54) is 5.69 Å². The summed E-state index contributed by atoms with van der Waals surface area (Å²) in [6, 6.07) is 8.95. The molecule has 0 spiro atoms. The molecule has 4 heterocycles. The Labute approximate surface area is 204 Å². The van der Waals surface area contributed by atoms with E-state index in [2.05, 4.69) is 51.9 Å². The maximum absolute atomic E-state index is 11.8. The van der Waals surface area contributed by atoms with E-state index in [0.717, 1.165) is 42.6 Å². The Morgan fingerprint density at radius 1 is 1.06 bits per heavy atom. The number of rotatable bonds is 7. The second-order valence-electron chi connectivity index (χ2n) is 9.06. The Kier molecular flexibility index (Phi) is 6.50. The van der Waals surface area contributed by atoms with Gasteiger partial charge in [-0.25, -0.2) is 9.67 Å². The third-order valence-corrected chi connectivity index (χ3v) is 6.46. The fraction of sp³-hybridized carbons (Fsp3) is 0.385. The first kappa shape index (κ1) is 23.0. The van der Waals surface area contributed by atoms with Gasteiger partial charge in [0.2, 0.25) is 0 Å². The third kappa shape index (κ3) is 4.90. The van der Waals surface area contributed by atoms with Gasteiger partial charge in [-0.15, -0.1) is 0 Å². The lowest BCUT2D eigenvalue weighted by Gasteiger charge is -2.38. The normalized spacial score (nSPS) is 14.7. The summed E-state index contributed by atoms with van der Waals surface area (Å²) in [5, 5.41) is 5.66. The molecule has 1 aliphatic heterocycles. The molecule has 9 nitrogen and oxygen atoms in total. The Balaban J connectivity index is 1.39. The van der Waals surface area contributed by atoms with Crippen LogP contribution in [0.15, 0.2) is 55.2 Å². The second kappa shape index (κ2) is 9.87. The van der Waals surface area contributed by atoms with Gasteiger partial charge in [0.1, 0.15) is 0 Å². The van der Waals surface area contributed by atoms with Gasteiger partial charge in [0, 0.05) is 55.7 Å². The number of carbonyl (C=O) groups excluding carboxylic acids is 1. The topological polar surface area (TPSA) is 81.3 Å². The van der Waals surface area contributed by atoms with Crippen LogP contribution in [-0.2, 0) is 16.0 Å². The van der Waals surface area contributed by atoms with Crippen LogP contribution in [0.3, 0.4) is 0 Å². The highest BCUT2D eigenvalue weighted by Gasteiger charge is 2.20. The SMILES string of the molecule is CCOC(=O)Cc1ccn(-c2cncc(-n3ncc4ccc(N5CCN(C(C)C)CC5)cc43)n2)c1. The van der Waals surface area contributed by atoms with Crippen molar-refractivity contribution >= 4 is 22.6 Å². The van der Waals surface area contributed by atoms with Gasteiger partial charge in [-0.3, -0.25) is 14.7 Å². The van der Waals surface area contributed by atoms with E-state index in [1.807, 2.05) is 33.9 Å². The number of fused-ring (bicyclic) bond motifs is 1. The van der Waals surface area contributed by atoms with Crippen LogP contribution in [0.1, 0.15) is 26.3 Å². The minimum absolute atomic E-state index is 0.228. The number of aromatic nitrogens is 5. The standard InChI is InChI=1S/C26H31N7O2/c1-4-35-26(34)13-20-7-8-32(18-20)24-16-27-17-25(29-24)33-23-14-22(6-5-21(23)15-28-33)31-11-9-30(10-12-31)19(2)3/h5-8,14-19H,4,9-13H2,1-3H3. The van der Waals surface area contributed by atoms with E-state index in [4.69, 9.17) is 9.72 Å². The van der Waals surface area contributed by atoms with Gasteiger partial charge in [0.15, 0.2) is 11.6 Å². The second-order valence-corrected chi connectivity index (χ2v) is 9.06. The number of nitrogens with zero attached hydrogens (tertiary/aromatic N) is 7. The molecule has 0 bridgehead atoms. The van der Waals surface area contributed by atoms with Crippen molar-refractivity contribution in [3.63, 3.8) is 0 Å². The molecule has 0 amide bonds. The molecule has 9 heteroatoms. The molecule has 1 saturated heterocycles. The van der Waals surface area contributed by atoms with Crippen LogP contribution < -0.4 is 4.90 Å². The van der Waals surface area contributed by atoms with E-state index in [9.17, 15) is 4.79 Å². The van der Waals surface area contributed by atoms with Crippen molar-refractivity contribution in [2.45, 2.75) is 33.2 Å². The lowest BCUT2D eigenvalue weighted by atomic mass is 10.2. The fourth-order valence-corrected chi connectivity index (χ4v) is 4.52. The summed E-state index contributed by atoms with van der Waals surface area (Å²) in [7, 11) is 0. The first-order chi connectivity index (χ1) is 17.0. The summed E-state index contributed by atoms with van der Waals surface area (Å²) >= 11 is 0. The predicted octanol–water partition coefficient (Wildman–Crippen LogP) is 3.24. The minimum Gasteiger partial charge on any atom is -0.466 e. The summed E-state index contributed by atoms with van der Waals surface area (Å²) in [6.07, 6.45) is 9.25. The van der Waals surface area contributed by atoms with Crippen molar-refractivity contribution in [3.05, 3.63) is 60.8 Å². The van der Waals surface area contributed by atoms with E-state index in [0.29, 0.717) is 24.3 Å². The monoisotopic (exact) mass is 473 g/mol. The van der Waals surface area contributed by atoms with Crippen LogP contribution in [0.25, 0.3) is 22.5 Å². The third-order valence-electron chi connectivity index (χ3n) is 6.46. The van der Waals surface area contributed by atoms with Gasteiger partial charge in [-0.05, 0) is 50.6 Å². The summed E-state index contributed by atoms with van der Waals surface area (Å²) in [4.78, 5) is 26.0. The van der Waals surface area contributed by atoms with Gasteiger partial charge >= 0.3 is 5.97 Å². The maximum Gasteiger partial charge on any atom is 0.310 e. The van der Waals surface area contributed by atoms with Crippen LogP contribution in [0.2, 0.25) is 0 Å². The van der Waals surface area contributed by atoms with Gasteiger partial charge in [0.25, 0.3) is 0 Å². The molecule has 3 aromatic heterocycles. The number of hydrogen-bond donors (Lipinski definition) is 0. The average Bonchev–Trinajstić information content (AvgIpc) is 3.51. The van der Waals surface area contributed by atoms with Gasteiger partial charge in [0.05, 0.1) is 37.1 Å². The summed E-state index contributed by atoms with van der Waals surface area (Å²) in [5.74, 6) is 1.05. The number of anilines is 1. The van der Waals surface area contributed by atoms with E-state index in [1.54, 1.807) is 19.3 Å². The molecule has 5 rings (SSSR count). The van der Waals surface area contributed by atoms with E-state index < -0.39 is 0 Å². The van der Waals surface area contributed by atoms with Crippen LogP contribution in [-0.4, -0.2) is 74.0 Å². The zero-order chi connectivity index (χ0) is 24.4. The van der Waals surface area contributed by atoms with Crippen molar-refractivity contribution in [3.8, 4) is 11.6 Å². The highest BCUT2D eigenvalue weighted by atomic mass is 16.5. The molecule has 0 unspecified atom stereocenters. The van der Waals surface area contributed by atoms with Gasteiger partial charge in [-0.1, -0.05) is 0 Å². The van der Waals surface area contributed by atoms with E-state index in [-0.39, 0.29) is 12.4 Å². The Morgan fingerprint density at radius 2 is 1.86 bits per heavy atom. The minimum atomic E-state index is -0.241. The largest absolute Gasteiger partial charge is 0.466 e. The highest BCUT2D eigenvalue weighted by Crippen LogP contribution is 2.25. The fourth-order valence-electron chi connectivity index (χ4n) is 4.52.